The molecule has 0 atom stereocenters. The van der Waals surface area contributed by atoms with Crippen LogP contribution in [0.3, 0.4) is 0 Å². The normalized spacial score (nSPS) is 11.1. The van der Waals surface area contributed by atoms with Gasteiger partial charge < -0.3 is 9.47 Å². The molecule has 10 heteroatoms. The fourth-order valence-corrected chi connectivity index (χ4v) is 3.31. The second-order valence-electron chi connectivity index (χ2n) is 6.62. The summed E-state index contributed by atoms with van der Waals surface area (Å²) >= 11 is 6.13. The van der Waals surface area contributed by atoms with Crippen molar-refractivity contribution >= 4 is 28.4 Å². The van der Waals surface area contributed by atoms with Crippen LogP contribution in [-0.2, 0) is 20.1 Å². The zero-order valence-electron chi connectivity index (χ0n) is 16.1. The molecule has 0 aliphatic heterocycles. The minimum Gasteiger partial charge on any atom is -0.486 e. The molecule has 154 valence electrons. The third-order valence-corrected chi connectivity index (χ3v) is 4.80. The summed E-state index contributed by atoms with van der Waals surface area (Å²) in [6, 6.07) is 4.56. The number of Topliss-reactive ketones (excluding diaryl/α,β-unsaturated/α-hetero) is 1. The van der Waals surface area contributed by atoms with E-state index in [1.807, 2.05) is 0 Å². The number of H-pyrrole nitrogens is 1. The molecule has 8 nitrogen and oxygen atoms in total. The van der Waals surface area contributed by atoms with Gasteiger partial charge in [-0.05, 0) is 23.8 Å². The number of aryl methyl sites for hydroxylation is 1. The van der Waals surface area contributed by atoms with Crippen LogP contribution >= 0.6 is 11.6 Å². The van der Waals surface area contributed by atoms with E-state index in [0.717, 1.165) is 5.56 Å². The van der Waals surface area contributed by atoms with Gasteiger partial charge in [0.15, 0.2) is 23.0 Å². The molecule has 1 aromatic carbocycles. The van der Waals surface area contributed by atoms with Gasteiger partial charge in [-0.25, -0.2) is 9.37 Å². The molecule has 0 fully saturated rings. The molecule has 30 heavy (non-hydrogen) atoms. The van der Waals surface area contributed by atoms with Gasteiger partial charge in [-0.1, -0.05) is 11.6 Å². The lowest BCUT2D eigenvalue weighted by molar-refractivity contribution is 0.0988. The minimum atomic E-state index is -0.800. The minimum absolute atomic E-state index is 0.0150. The fourth-order valence-electron chi connectivity index (χ4n) is 3.06. The molecule has 1 N–H and O–H groups in total. The SMILES string of the molecule is COc1n[nH]c2ncc(CC(=O)c3c(Cl)ccc(OCc4cnn(C)c4)c3F)cc12. The molecule has 0 radical (unpaired) electrons. The summed E-state index contributed by atoms with van der Waals surface area (Å²) in [5, 5.41) is 11.4. The highest BCUT2D eigenvalue weighted by molar-refractivity contribution is 6.34. The van der Waals surface area contributed by atoms with Crippen molar-refractivity contribution in [3.05, 3.63) is 64.3 Å². The number of pyridine rings is 1. The number of fused-ring (bicyclic) bond motifs is 1. The molecular formula is C20H17ClFN5O3. The van der Waals surface area contributed by atoms with Crippen LogP contribution < -0.4 is 9.47 Å². The molecule has 0 bridgehead atoms. The first-order chi connectivity index (χ1) is 14.5. The summed E-state index contributed by atoms with van der Waals surface area (Å²) in [6.07, 6.45) is 4.80. The second kappa shape index (κ2) is 8.11. The lowest BCUT2D eigenvalue weighted by atomic mass is 10.0. The van der Waals surface area contributed by atoms with E-state index in [9.17, 15) is 4.79 Å². The maximum absolute atomic E-state index is 15.0. The number of nitrogens with one attached hydrogen (secondary N) is 1. The molecule has 3 heterocycles. The van der Waals surface area contributed by atoms with Crippen molar-refractivity contribution in [1.29, 1.82) is 0 Å². The number of carbonyl (C=O) groups excluding carboxylic acids is 1. The van der Waals surface area contributed by atoms with Crippen LogP contribution in [0.4, 0.5) is 4.39 Å². The van der Waals surface area contributed by atoms with Crippen molar-refractivity contribution in [2.24, 2.45) is 7.05 Å². The smallest absolute Gasteiger partial charge is 0.241 e. The maximum Gasteiger partial charge on any atom is 0.241 e. The Hall–Kier alpha value is -3.46. The van der Waals surface area contributed by atoms with E-state index in [1.54, 1.807) is 30.2 Å². The number of nitrogens with zero attached hydrogens (tertiary/aromatic N) is 4. The number of ketones is 1. The van der Waals surface area contributed by atoms with Gasteiger partial charge in [0.25, 0.3) is 0 Å². The molecule has 4 aromatic rings. The fraction of sp³-hybridized carbons (Fsp3) is 0.200. The first-order valence-corrected chi connectivity index (χ1v) is 9.32. The largest absolute Gasteiger partial charge is 0.486 e. The Morgan fingerprint density at radius 3 is 2.87 bits per heavy atom. The van der Waals surface area contributed by atoms with Crippen molar-refractivity contribution < 1.29 is 18.7 Å². The van der Waals surface area contributed by atoms with Crippen LogP contribution in [0.1, 0.15) is 21.5 Å². The lowest BCUT2D eigenvalue weighted by Gasteiger charge is -2.11. The quantitative estimate of drug-likeness (QED) is 0.452. The van der Waals surface area contributed by atoms with Crippen LogP contribution in [0.5, 0.6) is 11.6 Å². The van der Waals surface area contributed by atoms with E-state index < -0.39 is 11.6 Å². The Balaban J connectivity index is 1.57. The van der Waals surface area contributed by atoms with Gasteiger partial charge in [-0.15, -0.1) is 5.10 Å². The monoisotopic (exact) mass is 429 g/mol. The number of halogens is 2. The molecule has 0 amide bonds. The van der Waals surface area contributed by atoms with Crippen molar-refractivity contribution in [2.75, 3.05) is 7.11 Å². The number of rotatable bonds is 7. The van der Waals surface area contributed by atoms with E-state index in [1.165, 1.54) is 25.4 Å². The van der Waals surface area contributed by atoms with Crippen LogP contribution in [0.15, 0.2) is 36.8 Å². The van der Waals surface area contributed by atoms with Gasteiger partial charge >= 0.3 is 0 Å². The molecule has 0 spiro atoms. The first kappa shape index (κ1) is 19.8. The molecule has 0 saturated heterocycles. The first-order valence-electron chi connectivity index (χ1n) is 8.94. The third-order valence-electron chi connectivity index (χ3n) is 4.48. The van der Waals surface area contributed by atoms with E-state index >= 15 is 4.39 Å². The number of ether oxygens (including phenoxy) is 2. The molecule has 0 unspecified atom stereocenters. The van der Waals surface area contributed by atoms with Gasteiger partial charge in [0.1, 0.15) is 6.61 Å². The molecule has 4 rings (SSSR count). The molecule has 3 aromatic heterocycles. The van der Waals surface area contributed by atoms with Crippen molar-refractivity contribution in [1.82, 2.24) is 25.0 Å². The number of aromatic amines is 1. The average molecular weight is 430 g/mol. The van der Waals surface area contributed by atoms with Crippen LogP contribution in [0, 0.1) is 5.82 Å². The number of aromatic nitrogens is 5. The summed E-state index contributed by atoms with van der Waals surface area (Å²) < 4.78 is 27.3. The summed E-state index contributed by atoms with van der Waals surface area (Å²) in [5.41, 5.74) is 1.65. The Labute approximate surface area is 175 Å². The third kappa shape index (κ3) is 3.84. The summed E-state index contributed by atoms with van der Waals surface area (Å²) in [5.74, 6) is -0.988. The highest BCUT2D eigenvalue weighted by atomic mass is 35.5. The van der Waals surface area contributed by atoms with Gasteiger partial charge in [-0.3, -0.25) is 14.6 Å². The van der Waals surface area contributed by atoms with E-state index in [-0.39, 0.29) is 29.4 Å². The van der Waals surface area contributed by atoms with Gasteiger partial charge in [-0.2, -0.15) is 5.10 Å². The Kier molecular flexibility index (Phi) is 5.37. The van der Waals surface area contributed by atoms with Crippen LogP contribution in [-0.4, -0.2) is 37.9 Å². The van der Waals surface area contributed by atoms with Gasteiger partial charge in [0.05, 0.1) is 29.3 Å². The average Bonchev–Trinajstić information content (AvgIpc) is 3.32. The van der Waals surface area contributed by atoms with E-state index in [2.05, 4.69) is 20.3 Å². The zero-order valence-corrected chi connectivity index (χ0v) is 16.9. The predicted octanol–water partition coefficient (Wildman–Crippen LogP) is 3.50. The van der Waals surface area contributed by atoms with E-state index in [4.69, 9.17) is 21.1 Å². The number of hydrogen-bond donors (Lipinski definition) is 1. The summed E-state index contributed by atoms with van der Waals surface area (Å²) in [7, 11) is 3.26. The number of hydrogen-bond acceptors (Lipinski definition) is 6. The van der Waals surface area contributed by atoms with Crippen molar-refractivity contribution in [3.63, 3.8) is 0 Å². The Morgan fingerprint density at radius 1 is 1.30 bits per heavy atom. The highest BCUT2D eigenvalue weighted by Gasteiger charge is 2.21. The maximum atomic E-state index is 15.0. The Bertz CT molecular complexity index is 1240. The topological polar surface area (TPSA) is 94.9 Å². The van der Waals surface area contributed by atoms with Crippen LogP contribution in [0.2, 0.25) is 5.02 Å². The second-order valence-corrected chi connectivity index (χ2v) is 7.03. The Morgan fingerprint density at radius 2 is 2.13 bits per heavy atom. The molecule has 0 aliphatic rings. The van der Waals surface area contributed by atoms with Gasteiger partial charge in [0, 0.05) is 31.4 Å². The number of benzene rings is 1. The van der Waals surface area contributed by atoms with Gasteiger partial charge in [0.2, 0.25) is 5.88 Å². The summed E-state index contributed by atoms with van der Waals surface area (Å²) in [4.78, 5) is 17.1. The van der Waals surface area contributed by atoms with Crippen LogP contribution in [0.25, 0.3) is 11.0 Å². The molecular weight excluding hydrogens is 413 g/mol. The number of methoxy groups -OCH3 is 1. The summed E-state index contributed by atoms with van der Waals surface area (Å²) in [6.45, 7) is 0.112. The molecule has 0 saturated carbocycles. The van der Waals surface area contributed by atoms with Crippen molar-refractivity contribution in [3.8, 4) is 11.6 Å². The zero-order chi connectivity index (χ0) is 21.3. The predicted molar refractivity (Wildman–Crippen MR) is 107 cm³/mol. The lowest BCUT2D eigenvalue weighted by Crippen LogP contribution is -2.09. The van der Waals surface area contributed by atoms with Crippen molar-refractivity contribution in [2.45, 2.75) is 13.0 Å². The van der Waals surface area contributed by atoms with E-state index in [0.29, 0.717) is 22.5 Å². The molecule has 0 aliphatic carbocycles. The number of carbonyl (C=O) groups is 1. The highest BCUT2D eigenvalue weighted by Crippen LogP contribution is 2.30. The standard InChI is InChI=1S/C20H17ClFN5O3/c1-27-9-12(8-24-27)10-30-16-4-3-14(21)17(18(16)22)15(28)6-11-5-13-19(23-7-11)25-26-20(13)29-2/h3-5,7-9H,6,10H2,1-2H3,(H,23,25,26).